The molecule has 1 atom stereocenters. The molecule has 4 N–H and O–H groups in total. The van der Waals surface area contributed by atoms with Crippen LogP contribution in [-0.4, -0.2) is 20.9 Å². The molecule has 2 heterocycles. The van der Waals surface area contributed by atoms with E-state index in [-0.39, 0.29) is 29.9 Å². The van der Waals surface area contributed by atoms with E-state index < -0.39 is 0 Å². The van der Waals surface area contributed by atoms with Crippen LogP contribution in [0.4, 0.5) is 5.95 Å². The minimum atomic E-state index is -0.384. The molecular formula is C19H19N5O2. The number of carbonyl (C=O) groups is 1. The van der Waals surface area contributed by atoms with E-state index in [1.807, 2.05) is 43.3 Å². The number of aromatic amines is 1. The van der Waals surface area contributed by atoms with Crippen molar-refractivity contribution < 1.29 is 4.79 Å². The van der Waals surface area contributed by atoms with Gasteiger partial charge in [-0.15, -0.1) is 0 Å². The molecule has 3 aromatic rings. The van der Waals surface area contributed by atoms with E-state index in [0.717, 1.165) is 16.7 Å². The first-order valence-corrected chi connectivity index (χ1v) is 8.13. The number of hydrogen-bond acceptors (Lipinski definition) is 5. The fourth-order valence-electron chi connectivity index (χ4n) is 2.80. The van der Waals surface area contributed by atoms with E-state index in [1.165, 1.54) is 6.07 Å². The Bertz CT molecular complexity index is 969. The van der Waals surface area contributed by atoms with E-state index in [4.69, 9.17) is 5.73 Å². The van der Waals surface area contributed by atoms with Crippen molar-refractivity contribution in [2.24, 2.45) is 0 Å². The number of aryl methyl sites for hydroxylation is 1. The Kier molecular flexibility index (Phi) is 5.07. The largest absolute Gasteiger partial charge is 0.369 e. The van der Waals surface area contributed by atoms with Crippen molar-refractivity contribution in [3.8, 4) is 0 Å². The normalized spacial score (nSPS) is 11.7. The Morgan fingerprint density at radius 3 is 2.65 bits per heavy atom. The maximum Gasteiger partial charge on any atom is 0.252 e. The SMILES string of the molecule is Cc1ccccc1[C@@H](NC(=O)Cc1cc(=O)[nH]c(N)n1)c1ccncc1. The maximum atomic E-state index is 12.6. The predicted octanol–water partition coefficient (Wildman–Crippen LogP) is 1.50. The molecule has 0 fully saturated rings. The highest BCUT2D eigenvalue weighted by atomic mass is 16.1. The van der Waals surface area contributed by atoms with Gasteiger partial charge in [-0.3, -0.25) is 19.6 Å². The molecule has 3 rings (SSSR count). The zero-order valence-corrected chi connectivity index (χ0v) is 14.3. The van der Waals surface area contributed by atoms with Crippen molar-refractivity contribution in [1.29, 1.82) is 0 Å². The minimum absolute atomic E-state index is 0.00936. The van der Waals surface area contributed by atoms with E-state index in [2.05, 4.69) is 20.3 Å². The molecule has 0 saturated heterocycles. The van der Waals surface area contributed by atoms with Gasteiger partial charge in [0.1, 0.15) is 0 Å². The Morgan fingerprint density at radius 2 is 1.96 bits per heavy atom. The molecule has 7 nitrogen and oxygen atoms in total. The minimum Gasteiger partial charge on any atom is -0.369 e. The van der Waals surface area contributed by atoms with Gasteiger partial charge in [0.25, 0.3) is 5.56 Å². The molecular weight excluding hydrogens is 330 g/mol. The van der Waals surface area contributed by atoms with Crippen LogP contribution in [0, 0.1) is 6.92 Å². The van der Waals surface area contributed by atoms with E-state index >= 15 is 0 Å². The summed E-state index contributed by atoms with van der Waals surface area (Å²) in [6.45, 7) is 1.99. The van der Waals surface area contributed by atoms with Crippen LogP contribution in [-0.2, 0) is 11.2 Å². The number of hydrogen-bond donors (Lipinski definition) is 3. The second-order valence-corrected chi connectivity index (χ2v) is 5.94. The van der Waals surface area contributed by atoms with Crippen molar-refractivity contribution in [2.45, 2.75) is 19.4 Å². The summed E-state index contributed by atoms with van der Waals surface area (Å²) in [4.78, 5) is 34.5. The molecule has 0 spiro atoms. The number of H-pyrrole nitrogens is 1. The van der Waals surface area contributed by atoms with Gasteiger partial charge >= 0.3 is 0 Å². The average Bonchev–Trinajstić information content (AvgIpc) is 2.60. The van der Waals surface area contributed by atoms with Crippen LogP contribution in [0.1, 0.15) is 28.4 Å². The van der Waals surface area contributed by atoms with E-state index in [0.29, 0.717) is 5.69 Å². The summed E-state index contributed by atoms with van der Waals surface area (Å²) in [5.74, 6) is -0.266. The Morgan fingerprint density at radius 1 is 1.23 bits per heavy atom. The van der Waals surface area contributed by atoms with Gasteiger partial charge in [0.2, 0.25) is 11.9 Å². The third-order valence-electron chi connectivity index (χ3n) is 4.00. The van der Waals surface area contributed by atoms with E-state index in [1.54, 1.807) is 12.4 Å². The summed E-state index contributed by atoms with van der Waals surface area (Å²) in [6, 6.07) is 12.5. The number of rotatable bonds is 5. The monoisotopic (exact) mass is 349 g/mol. The molecule has 0 aliphatic heterocycles. The van der Waals surface area contributed by atoms with Gasteiger partial charge in [0.15, 0.2) is 0 Å². The molecule has 7 heteroatoms. The maximum absolute atomic E-state index is 12.6. The zero-order valence-electron chi connectivity index (χ0n) is 14.3. The van der Waals surface area contributed by atoms with Crippen LogP contribution in [0.2, 0.25) is 0 Å². The number of benzene rings is 1. The van der Waals surface area contributed by atoms with Gasteiger partial charge in [0, 0.05) is 18.5 Å². The van der Waals surface area contributed by atoms with Crippen LogP contribution in [0.15, 0.2) is 59.7 Å². The van der Waals surface area contributed by atoms with Gasteiger partial charge in [-0.25, -0.2) is 4.98 Å². The number of nitrogens with zero attached hydrogens (tertiary/aromatic N) is 2. The summed E-state index contributed by atoms with van der Waals surface area (Å²) in [6.07, 6.45) is 3.33. The number of nitrogen functional groups attached to an aromatic ring is 1. The quantitative estimate of drug-likeness (QED) is 0.646. The van der Waals surface area contributed by atoms with Crippen LogP contribution in [0.5, 0.6) is 0 Å². The molecule has 0 radical (unpaired) electrons. The average molecular weight is 349 g/mol. The third kappa shape index (κ3) is 4.13. The second kappa shape index (κ2) is 7.60. The van der Waals surface area contributed by atoms with Gasteiger partial charge in [-0.1, -0.05) is 24.3 Å². The molecule has 2 aromatic heterocycles. The highest BCUT2D eigenvalue weighted by Gasteiger charge is 2.19. The first-order chi connectivity index (χ1) is 12.5. The van der Waals surface area contributed by atoms with Crippen LogP contribution < -0.4 is 16.6 Å². The van der Waals surface area contributed by atoms with Crippen LogP contribution in [0.25, 0.3) is 0 Å². The molecule has 1 amide bonds. The number of nitrogens with one attached hydrogen (secondary N) is 2. The van der Waals surface area contributed by atoms with Crippen molar-refractivity contribution in [2.75, 3.05) is 5.73 Å². The van der Waals surface area contributed by atoms with Gasteiger partial charge in [-0.05, 0) is 35.7 Å². The number of anilines is 1. The smallest absolute Gasteiger partial charge is 0.252 e. The first-order valence-electron chi connectivity index (χ1n) is 8.13. The standard InChI is InChI=1S/C19H19N5O2/c1-12-4-2-3-5-15(12)18(13-6-8-21-9-7-13)23-16(25)10-14-11-17(26)24-19(20)22-14/h2-9,11,18H,10H2,1H3,(H,23,25)(H3,20,22,24,26)/t18-/m0/s1. The highest BCUT2D eigenvalue weighted by molar-refractivity contribution is 5.79. The fraction of sp³-hybridized carbons (Fsp3) is 0.158. The van der Waals surface area contributed by atoms with E-state index in [9.17, 15) is 9.59 Å². The number of pyridine rings is 1. The highest BCUT2D eigenvalue weighted by Crippen LogP contribution is 2.24. The lowest BCUT2D eigenvalue weighted by atomic mass is 9.95. The molecule has 132 valence electrons. The Hall–Kier alpha value is -3.48. The molecule has 0 saturated carbocycles. The summed E-state index contributed by atoms with van der Waals surface area (Å²) < 4.78 is 0. The van der Waals surface area contributed by atoms with Crippen molar-refractivity contribution >= 4 is 11.9 Å². The molecule has 0 bridgehead atoms. The van der Waals surface area contributed by atoms with Crippen molar-refractivity contribution in [3.63, 3.8) is 0 Å². The predicted molar refractivity (Wildman–Crippen MR) is 98.4 cm³/mol. The van der Waals surface area contributed by atoms with Gasteiger partial charge in [-0.2, -0.15) is 0 Å². The molecule has 0 aliphatic carbocycles. The lowest BCUT2D eigenvalue weighted by Gasteiger charge is -2.21. The molecule has 1 aromatic carbocycles. The molecule has 26 heavy (non-hydrogen) atoms. The van der Waals surface area contributed by atoms with Crippen LogP contribution >= 0.6 is 0 Å². The lowest BCUT2D eigenvalue weighted by Crippen LogP contribution is -2.31. The van der Waals surface area contributed by atoms with Gasteiger partial charge < -0.3 is 11.1 Å². The summed E-state index contributed by atoms with van der Waals surface area (Å²) >= 11 is 0. The summed E-state index contributed by atoms with van der Waals surface area (Å²) in [5.41, 5.74) is 8.44. The zero-order chi connectivity index (χ0) is 18.5. The first kappa shape index (κ1) is 17.3. The topological polar surface area (TPSA) is 114 Å². The third-order valence-corrected chi connectivity index (χ3v) is 4.00. The Balaban J connectivity index is 1.87. The second-order valence-electron chi connectivity index (χ2n) is 5.94. The Labute approximate surface area is 150 Å². The summed E-state index contributed by atoms with van der Waals surface area (Å²) in [5, 5.41) is 3.02. The fourth-order valence-corrected chi connectivity index (χ4v) is 2.80. The van der Waals surface area contributed by atoms with Crippen LogP contribution in [0.3, 0.4) is 0 Å². The molecule has 0 unspecified atom stereocenters. The number of carbonyl (C=O) groups excluding carboxylic acids is 1. The number of nitrogens with two attached hydrogens (primary N) is 1. The molecule has 0 aliphatic rings. The number of aromatic nitrogens is 3. The van der Waals surface area contributed by atoms with Crippen molar-refractivity contribution in [1.82, 2.24) is 20.3 Å². The number of amides is 1. The lowest BCUT2D eigenvalue weighted by molar-refractivity contribution is -0.121. The van der Waals surface area contributed by atoms with Crippen molar-refractivity contribution in [3.05, 3.63) is 87.6 Å². The van der Waals surface area contributed by atoms with Gasteiger partial charge in [0.05, 0.1) is 18.2 Å². The summed E-state index contributed by atoms with van der Waals surface area (Å²) in [7, 11) is 0.